The van der Waals surface area contributed by atoms with Crippen LogP contribution in [-0.4, -0.2) is 49.0 Å². The van der Waals surface area contributed by atoms with E-state index in [0.29, 0.717) is 42.6 Å². The Morgan fingerprint density at radius 2 is 1.51 bits per heavy atom. The van der Waals surface area contributed by atoms with Gasteiger partial charge in [-0.2, -0.15) is 8.42 Å². The molecule has 0 amide bonds. The average Bonchev–Trinajstić information content (AvgIpc) is 3.12. The van der Waals surface area contributed by atoms with Gasteiger partial charge in [-0.25, -0.2) is 12.8 Å². The molecular weight excluding hydrogens is 589 g/mol. The number of ether oxygens (including phenoxy) is 1. The van der Waals surface area contributed by atoms with E-state index in [1.807, 2.05) is 24.9 Å². The van der Waals surface area contributed by atoms with E-state index in [-0.39, 0.29) is 26.3 Å². The highest BCUT2D eigenvalue weighted by Gasteiger charge is 2.32. The minimum atomic E-state index is -4.10. The van der Waals surface area contributed by atoms with Crippen molar-refractivity contribution in [2.45, 2.75) is 47.5 Å². The molecular formula is C33H34FNO6S2. The van der Waals surface area contributed by atoms with Gasteiger partial charge in [-0.1, -0.05) is 42.0 Å². The fraction of sp³-hybridized carbons (Fsp3) is 0.273. The van der Waals surface area contributed by atoms with Crippen molar-refractivity contribution in [1.29, 1.82) is 0 Å². The number of fused-ring (bicyclic) bond motifs is 1. The number of hydrogen-bond donors (Lipinski definition) is 0. The van der Waals surface area contributed by atoms with Crippen LogP contribution < -0.4 is 4.74 Å². The summed E-state index contributed by atoms with van der Waals surface area (Å²) in [6.45, 7) is 4.44. The summed E-state index contributed by atoms with van der Waals surface area (Å²) in [5, 5.41) is 0. The molecule has 0 aromatic heterocycles. The molecule has 4 aromatic carbocycles. The van der Waals surface area contributed by atoms with E-state index in [0.717, 1.165) is 16.7 Å². The van der Waals surface area contributed by atoms with Crippen LogP contribution in [-0.2, 0) is 37.0 Å². The summed E-state index contributed by atoms with van der Waals surface area (Å²) in [7, 11) is -4.85. The van der Waals surface area contributed by atoms with Gasteiger partial charge in [0.05, 0.1) is 16.9 Å². The number of aryl methyl sites for hydroxylation is 2. The third kappa shape index (κ3) is 6.67. The first kappa shape index (κ1) is 30.9. The van der Waals surface area contributed by atoms with Gasteiger partial charge in [0.2, 0.25) is 9.84 Å². The van der Waals surface area contributed by atoms with Crippen LogP contribution in [0.1, 0.15) is 39.5 Å². The lowest BCUT2D eigenvalue weighted by molar-refractivity contribution is 0.162. The van der Waals surface area contributed by atoms with E-state index in [1.54, 1.807) is 49.4 Å². The van der Waals surface area contributed by atoms with Crippen molar-refractivity contribution in [1.82, 2.24) is 4.90 Å². The molecule has 10 heteroatoms. The van der Waals surface area contributed by atoms with Crippen molar-refractivity contribution in [3.05, 3.63) is 118 Å². The first-order valence-electron chi connectivity index (χ1n) is 13.9. The summed E-state index contributed by atoms with van der Waals surface area (Å²) in [6.07, 6.45) is 0.0833. The van der Waals surface area contributed by atoms with Crippen molar-refractivity contribution in [3.8, 4) is 5.75 Å². The maximum absolute atomic E-state index is 14.0. The minimum Gasteiger partial charge on any atom is -0.495 e. The van der Waals surface area contributed by atoms with Gasteiger partial charge >= 0.3 is 0 Å². The Kier molecular flexibility index (Phi) is 8.76. The highest BCUT2D eigenvalue weighted by atomic mass is 32.2. The summed E-state index contributed by atoms with van der Waals surface area (Å²) in [5.41, 5.74) is 4.36. The molecule has 0 N–H and O–H groups in total. The molecule has 43 heavy (non-hydrogen) atoms. The third-order valence-electron chi connectivity index (χ3n) is 7.73. The van der Waals surface area contributed by atoms with Crippen LogP contribution in [0.15, 0.2) is 93.5 Å². The normalized spacial score (nSPS) is 16.0. The smallest absolute Gasteiger partial charge is 0.297 e. The first-order chi connectivity index (χ1) is 20.4. The van der Waals surface area contributed by atoms with Gasteiger partial charge in [0.1, 0.15) is 22.6 Å². The molecule has 0 saturated heterocycles. The molecule has 1 aliphatic heterocycles. The van der Waals surface area contributed by atoms with E-state index >= 15 is 0 Å². The van der Waals surface area contributed by atoms with E-state index in [2.05, 4.69) is 0 Å². The molecule has 0 aliphatic carbocycles. The standard InChI is InChI=1S/C33H34FNO6S2/c1-22-5-11-28(12-6-22)43(38,39)41-32-21-35(3)16-15-26-19-33(31(40-4)20-29(26)32)42(36,37)27-13-9-24(10-14-27)17-25-8-7-23(2)30(34)18-25/h5-14,18-20,32H,15-17,21H2,1-4H3. The number of benzene rings is 4. The lowest BCUT2D eigenvalue weighted by atomic mass is 10.0. The van der Waals surface area contributed by atoms with Crippen LogP contribution in [0.2, 0.25) is 0 Å². The molecule has 1 unspecified atom stereocenters. The van der Waals surface area contributed by atoms with Gasteiger partial charge in [-0.15, -0.1) is 0 Å². The monoisotopic (exact) mass is 623 g/mol. The number of hydrogen-bond acceptors (Lipinski definition) is 7. The predicted molar refractivity (Wildman–Crippen MR) is 162 cm³/mol. The number of sulfone groups is 1. The lowest BCUT2D eigenvalue weighted by Gasteiger charge is -2.22. The topological polar surface area (TPSA) is 90.0 Å². The molecule has 226 valence electrons. The number of likely N-dealkylation sites (N-methyl/N-ethyl adjacent to an activating group) is 1. The van der Waals surface area contributed by atoms with E-state index in [1.165, 1.54) is 37.4 Å². The average molecular weight is 624 g/mol. The zero-order valence-electron chi connectivity index (χ0n) is 24.5. The van der Waals surface area contributed by atoms with Crippen molar-refractivity contribution in [2.75, 3.05) is 27.2 Å². The summed E-state index contributed by atoms with van der Waals surface area (Å²) < 4.78 is 79.4. The maximum Gasteiger partial charge on any atom is 0.297 e. The van der Waals surface area contributed by atoms with Crippen LogP contribution in [0, 0.1) is 19.7 Å². The second-order valence-corrected chi connectivity index (χ2v) is 14.5. The Hall–Kier alpha value is -3.57. The molecule has 0 saturated carbocycles. The Morgan fingerprint density at radius 1 is 0.860 bits per heavy atom. The number of rotatable bonds is 8. The zero-order chi connectivity index (χ0) is 30.9. The maximum atomic E-state index is 14.0. The van der Waals surface area contributed by atoms with E-state index in [4.69, 9.17) is 8.92 Å². The molecule has 5 rings (SSSR count). The molecule has 0 fully saturated rings. The second-order valence-electron chi connectivity index (χ2n) is 11.0. The van der Waals surface area contributed by atoms with Gasteiger partial charge in [-0.3, -0.25) is 4.18 Å². The van der Waals surface area contributed by atoms with Crippen LogP contribution >= 0.6 is 0 Å². The highest BCUT2D eigenvalue weighted by Crippen LogP contribution is 2.38. The van der Waals surface area contributed by atoms with Crippen LogP contribution in [0.25, 0.3) is 0 Å². The molecule has 4 aromatic rings. The van der Waals surface area contributed by atoms with Gasteiger partial charge < -0.3 is 9.64 Å². The highest BCUT2D eigenvalue weighted by molar-refractivity contribution is 7.91. The van der Waals surface area contributed by atoms with Gasteiger partial charge in [-0.05, 0) is 104 Å². The number of nitrogens with zero attached hydrogens (tertiary/aromatic N) is 1. The summed E-state index contributed by atoms with van der Waals surface area (Å²) >= 11 is 0. The Bertz CT molecular complexity index is 1860. The summed E-state index contributed by atoms with van der Waals surface area (Å²) in [6, 6.07) is 21.1. The Labute approximate surface area is 252 Å². The van der Waals surface area contributed by atoms with Crippen LogP contribution in [0.4, 0.5) is 4.39 Å². The van der Waals surface area contributed by atoms with Gasteiger partial charge in [0.25, 0.3) is 10.1 Å². The molecule has 0 radical (unpaired) electrons. The molecule has 1 heterocycles. The van der Waals surface area contributed by atoms with Crippen molar-refractivity contribution in [3.63, 3.8) is 0 Å². The largest absolute Gasteiger partial charge is 0.495 e. The molecule has 1 atom stereocenters. The second kappa shape index (κ2) is 12.2. The number of methoxy groups -OCH3 is 1. The fourth-order valence-corrected chi connectivity index (χ4v) is 7.68. The lowest BCUT2D eigenvalue weighted by Crippen LogP contribution is -2.26. The van der Waals surface area contributed by atoms with Gasteiger partial charge in [0, 0.05) is 13.1 Å². The predicted octanol–water partition coefficient (Wildman–Crippen LogP) is 5.81. The van der Waals surface area contributed by atoms with Crippen LogP contribution in [0.5, 0.6) is 5.75 Å². The minimum absolute atomic E-state index is 0.00759. The van der Waals surface area contributed by atoms with Crippen molar-refractivity contribution in [2.24, 2.45) is 0 Å². The first-order valence-corrected chi connectivity index (χ1v) is 16.7. The molecule has 7 nitrogen and oxygen atoms in total. The van der Waals surface area contributed by atoms with Crippen molar-refractivity contribution >= 4 is 20.0 Å². The number of halogens is 1. The van der Waals surface area contributed by atoms with E-state index < -0.39 is 26.1 Å². The zero-order valence-corrected chi connectivity index (χ0v) is 26.1. The molecule has 0 bridgehead atoms. The van der Waals surface area contributed by atoms with Gasteiger partial charge in [0.15, 0.2) is 0 Å². The quantitative estimate of drug-likeness (QED) is 0.229. The molecule has 0 spiro atoms. The summed E-state index contributed by atoms with van der Waals surface area (Å²) in [5.74, 6) is -0.178. The third-order valence-corrected chi connectivity index (χ3v) is 10.9. The van der Waals surface area contributed by atoms with E-state index in [9.17, 15) is 21.2 Å². The SMILES string of the molecule is COc1cc2c(cc1S(=O)(=O)c1ccc(Cc3ccc(C)c(F)c3)cc1)CCN(C)CC2OS(=O)(=O)c1ccc(C)cc1. The van der Waals surface area contributed by atoms with Crippen LogP contribution in [0.3, 0.4) is 0 Å². The summed E-state index contributed by atoms with van der Waals surface area (Å²) in [4.78, 5) is 2.08. The fourth-order valence-electron chi connectivity index (χ4n) is 5.18. The van der Waals surface area contributed by atoms with Crippen molar-refractivity contribution < 1.29 is 30.1 Å². The Balaban J connectivity index is 1.47. The molecule has 1 aliphatic rings. The Morgan fingerprint density at radius 3 is 2.16 bits per heavy atom.